The smallest absolute Gasteiger partial charge is 0.326 e. The molecule has 0 aliphatic heterocycles. The number of carbonyl (C=O) groups excluding carboxylic acids is 1. The molecule has 0 aliphatic rings. The monoisotopic (exact) mass is 291 g/mol. The van der Waals surface area contributed by atoms with Gasteiger partial charge in [-0.3, -0.25) is 4.79 Å². The highest BCUT2D eigenvalue weighted by Crippen LogP contribution is 2.20. The lowest BCUT2D eigenvalue weighted by Gasteiger charge is -2.27. The molecule has 0 radical (unpaired) electrons. The van der Waals surface area contributed by atoms with E-state index < -0.39 is 23.3 Å². The molecule has 21 heavy (non-hydrogen) atoms. The van der Waals surface area contributed by atoms with E-state index in [9.17, 15) is 9.59 Å². The molecule has 0 fully saturated rings. The van der Waals surface area contributed by atoms with Crippen molar-refractivity contribution in [2.45, 2.75) is 26.8 Å². The van der Waals surface area contributed by atoms with E-state index >= 15 is 0 Å². The summed E-state index contributed by atoms with van der Waals surface area (Å²) in [4.78, 5) is 23.1. The van der Waals surface area contributed by atoms with Crippen LogP contribution < -0.4 is 10.1 Å². The Bertz CT molecular complexity index is 543. The summed E-state index contributed by atoms with van der Waals surface area (Å²) in [7, 11) is 1.55. The van der Waals surface area contributed by atoms with Gasteiger partial charge in [-0.25, -0.2) is 4.79 Å². The molecule has 0 unspecified atom stereocenters. The van der Waals surface area contributed by atoms with E-state index in [-0.39, 0.29) is 0 Å². The van der Waals surface area contributed by atoms with Crippen LogP contribution in [0.4, 0.5) is 0 Å². The van der Waals surface area contributed by atoms with Crippen LogP contribution in [0.3, 0.4) is 0 Å². The normalized spacial score (nSPS) is 13.0. The summed E-state index contributed by atoms with van der Waals surface area (Å²) >= 11 is 0. The van der Waals surface area contributed by atoms with Gasteiger partial charge >= 0.3 is 5.97 Å². The predicted molar refractivity (Wildman–Crippen MR) is 81.0 cm³/mol. The summed E-state index contributed by atoms with van der Waals surface area (Å²) in [6.45, 7) is 5.28. The van der Waals surface area contributed by atoms with E-state index in [4.69, 9.17) is 9.84 Å². The van der Waals surface area contributed by atoms with Gasteiger partial charge in [0.2, 0.25) is 5.91 Å². The molecule has 0 aromatic heterocycles. The van der Waals surface area contributed by atoms with E-state index in [2.05, 4.69) is 5.32 Å². The van der Waals surface area contributed by atoms with Gasteiger partial charge in [0.05, 0.1) is 7.11 Å². The van der Waals surface area contributed by atoms with Crippen molar-refractivity contribution in [2.75, 3.05) is 7.11 Å². The maximum absolute atomic E-state index is 11.9. The van der Waals surface area contributed by atoms with E-state index in [1.807, 2.05) is 12.1 Å². The second kappa shape index (κ2) is 6.92. The Kier molecular flexibility index (Phi) is 5.52. The standard InChI is InChI=1S/C16H21NO4/c1-16(2,3)14(15(19)20)17-13(18)10-9-11-7-5-6-8-12(11)21-4/h5-10,14H,1-4H3,(H,17,18)(H,19,20)/b10-9+/t14-/m1/s1. The molecule has 1 rings (SSSR count). The number of hydrogen-bond acceptors (Lipinski definition) is 3. The average molecular weight is 291 g/mol. The second-order valence-electron chi connectivity index (χ2n) is 5.72. The molecule has 1 amide bonds. The summed E-state index contributed by atoms with van der Waals surface area (Å²) in [5, 5.41) is 11.7. The van der Waals surface area contributed by atoms with Gasteiger partial charge < -0.3 is 15.2 Å². The van der Waals surface area contributed by atoms with Crippen molar-refractivity contribution < 1.29 is 19.4 Å². The Morgan fingerprint density at radius 1 is 1.29 bits per heavy atom. The SMILES string of the molecule is COc1ccccc1/C=C/C(=O)N[C@H](C(=O)O)C(C)(C)C. The van der Waals surface area contributed by atoms with Crippen molar-refractivity contribution in [2.24, 2.45) is 5.41 Å². The van der Waals surface area contributed by atoms with Crippen molar-refractivity contribution in [1.29, 1.82) is 0 Å². The number of para-hydroxylation sites is 1. The fraction of sp³-hybridized carbons (Fsp3) is 0.375. The van der Waals surface area contributed by atoms with Crippen LogP contribution in [0.15, 0.2) is 30.3 Å². The Balaban J connectivity index is 2.81. The molecule has 5 heteroatoms. The largest absolute Gasteiger partial charge is 0.496 e. The van der Waals surface area contributed by atoms with Gasteiger partial charge in [0.25, 0.3) is 0 Å². The lowest BCUT2D eigenvalue weighted by Crippen LogP contribution is -2.48. The maximum atomic E-state index is 11.9. The molecule has 0 bridgehead atoms. The van der Waals surface area contributed by atoms with Gasteiger partial charge in [-0.1, -0.05) is 39.0 Å². The summed E-state index contributed by atoms with van der Waals surface area (Å²) in [5.41, 5.74) is 0.178. The van der Waals surface area contributed by atoms with Crippen LogP contribution >= 0.6 is 0 Å². The summed E-state index contributed by atoms with van der Waals surface area (Å²) in [6, 6.07) is 6.30. The zero-order valence-electron chi connectivity index (χ0n) is 12.7. The Hall–Kier alpha value is -2.30. The number of ether oxygens (including phenoxy) is 1. The number of nitrogens with one attached hydrogen (secondary N) is 1. The highest BCUT2D eigenvalue weighted by Gasteiger charge is 2.31. The first-order valence-corrected chi connectivity index (χ1v) is 6.60. The molecule has 0 aliphatic carbocycles. The number of aliphatic carboxylic acids is 1. The van der Waals surface area contributed by atoms with E-state index in [0.29, 0.717) is 5.75 Å². The molecular formula is C16H21NO4. The second-order valence-corrected chi connectivity index (χ2v) is 5.72. The fourth-order valence-electron chi connectivity index (χ4n) is 1.81. The third-order valence-corrected chi connectivity index (χ3v) is 2.95. The lowest BCUT2D eigenvalue weighted by atomic mass is 9.87. The minimum absolute atomic E-state index is 0.455. The average Bonchev–Trinajstić information content (AvgIpc) is 2.41. The van der Waals surface area contributed by atoms with E-state index in [1.165, 1.54) is 6.08 Å². The minimum Gasteiger partial charge on any atom is -0.496 e. The van der Waals surface area contributed by atoms with Crippen LogP contribution in [-0.2, 0) is 9.59 Å². The van der Waals surface area contributed by atoms with Gasteiger partial charge in [0, 0.05) is 11.6 Å². The molecule has 2 N–H and O–H groups in total. The third-order valence-electron chi connectivity index (χ3n) is 2.95. The van der Waals surface area contributed by atoms with Gasteiger partial charge in [-0.05, 0) is 17.6 Å². The minimum atomic E-state index is -1.05. The molecule has 1 aromatic rings. The van der Waals surface area contributed by atoms with E-state index in [0.717, 1.165) is 5.56 Å². The first kappa shape index (κ1) is 16.8. The topological polar surface area (TPSA) is 75.6 Å². The van der Waals surface area contributed by atoms with Crippen LogP contribution in [0.1, 0.15) is 26.3 Å². The van der Waals surface area contributed by atoms with E-state index in [1.54, 1.807) is 46.1 Å². The lowest BCUT2D eigenvalue weighted by molar-refractivity contribution is -0.144. The molecule has 114 valence electrons. The molecule has 1 atom stereocenters. The van der Waals surface area contributed by atoms with Crippen molar-refractivity contribution in [3.05, 3.63) is 35.9 Å². The maximum Gasteiger partial charge on any atom is 0.326 e. The molecule has 0 saturated heterocycles. The van der Waals surface area contributed by atoms with Crippen molar-refractivity contribution >= 4 is 18.0 Å². The Labute approximate surface area is 124 Å². The summed E-state index contributed by atoms with van der Waals surface area (Å²) in [5.74, 6) is -0.864. The number of carbonyl (C=O) groups is 2. The van der Waals surface area contributed by atoms with Crippen LogP contribution in [0.5, 0.6) is 5.75 Å². The van der Waals surface area contributed by atoms with Gasteiger partial charge in [-0.2, -0.15) is 0 Å². The zero-order valence-corrected chi connectivity index (χ0v) is 12.7. The third kappa shape index (κ3) is 4.95. The molecule has 1 aromatic carbocycles. The van der Waals surface area contributed by atoms with Crippen LogP contribution in [0, 0.1) is 5.41 Å². The first-order chi connectivity index (χ1) is 9.75. The van der Waals surface area contributed by atoms with Gasteiger partial charge in [0.15, 0.2) is 0 Å². The molecular weight excluding hydrogens is 270 g/mol. The molecule has 0 spiro atoms. The number of methoxy groups -OCH3 is 1. The molecule has 0 heterocycles. The number of benzene rings is 1. The fourth-order valence-corrected chi connectivity index (χ4v) is 1.81. The number of amides is 1. The number of carboxylic acids is 1. The van der Waals surface area contributed by atoms with Gasteiger partial charge in [0.1, 0.15) is 11.8 Å². The highest BCUT2D eigenvalue weighted by atomic mass is 16.5. The summed E-state index contributed by atoms with van der Waals surface area (Å²) < 4.78 is 5.17. The van der Waals surface area contributed by atoms with Crippen molar-refractivity contribution in [3.8, 4) is 5.75 Å². The Morgan fingerprint density at radius 2 is 1.90 bits per heavy atom. The number of hydrogen-bond donors (Lipinski definition) is 2. The number of rotatable bonds is 5. The van der Waals surface area contributed by atoms with Gasteiger partial charge in [-0.15, -0.1) is 0 Å². The van der Waals surface area contributed by atoms with Crippen LogP contribution in [0.25, 0.3) is 6.08 Å². The predicted octanol–water partition coefficient (Wildman–Crippen LogP) is 2.32. The van der Waals surface area contributed by atoms with Crippen molar-refractivity contribution in [3.63, 3.8) is 0 Å². The molecule has 5 nitrogen and oxygen atoms in total. The first-order valence-electron chi connectivity index (χ1n) is 6.60. The zero-order chi connectivity index (χ0) is 16.0. The summed E-state index contributed by atoms with van der Waals surface area (Å²) in [6.07, 6.45) is 2.90. The Morgan fingerprint density at radius 3 is 2.43 bits per heavy atom. The molecule has 0 saturated carbocycles. The van der Waals surface area contributed by atoms with Crippen molar-refractivity contribution in [1.82, 2.24) is 5.32 Å². The quantitative estimate of drug-likeness (QED) is 0.816. The van der Waals surface area contributed by atoms with Crippen LogP contribution in [0.2, 0.25) is 0 Å². The van der Waals surface area contributed by atoms with Crippen LogP contribution in [-0.4, -0.2) is 30.1 Å². The number of carboxylic acid groups (broad SMARTS) is 1. The highest BCUT2D eigenvalue weighted by molar-refractivity contribution is 5.94.